The topological polar surface area (TPSA) is 99.2 Å². The number of rotatable bonds is 4. The number of carbonyl (C=O) groups is 1. The highest BCUT2D eigenvalue weighted by atomic mass is 16.4. The van der Waals surface area contributed by atoms with Crippen molar-refractivity contribution in [2.24, 2.45) is 11.7 Å². The maximum Gasteiger partial charge on any atom is 0.305 e. The van der Waals surface area contributed by atoms with Gasteiger partial charge in [-0.2, -0.15) is 0 Å². The van der Waals surface area contributed by atoms with Gasteiger partial charge < -0.3 is 16.2 Å². The Balaban J connectivity index is 4.04. The largest absolute Gasteiger partial charge is 0.481 e. The summed E-state index contributed by atoms with van der Waals surface area (Å²) in [6.45, 7) is 3.76. The van der Waals surface area contributed by atoms with Gasteiger partial charge in [0.15, 0.2) is 5.96 Å². The molecule has 0 aliphatic rings. The Kier molecular flexibility index (Phi) is 4.10. The molecule has 0 amide bonds. The lowest BCUT2D eigenvalue weighted by atomic mass is 10.0. The first kappa shape index (κ1) is 10.7. The van der Waals surface area contributed by atoms with Gasteiger partial charge >= 0.3 is 5.97 Å². The first-order valence-corrected chi connectivity index (χ1v) is 3.75. The Morgan fingerprint density at radius 3 is 2.42 bits per heavy atom. The lowest BCUT2D eigenvalue weighted by Gasteiger charge is -2.20. The van der Waals surface area contributed by atoms with E-state index in [1.165, 1.54) is 0 Å². The van der Waals surface area contributed by atoms with Crippen molar-refractivity contribution in [3.05, 3.63) is 0 Å². The summed E-state index contributed by atoms with van der Waals surface area (Å²) in [4.78, 5) is 10.3. The molecule has 0 heterocycles. The summed E-state index contributed by atoms with van der Waals surface area (Å²) < 4.78 is 0. The number of carboxylic acids is 1. The zero-order valence-electron chi connectivity index (χ0n) is 7.29. The van der Waals surface area contributed by atoms with E-state index >= 15 is 0 Å². The highest BCUT2D eigenvalue weighted by Gasteiger charge is 2.16. The molecule has 0 rings (SSSR count). The van der Waals surface area contributed by atoms with Crippen molar-refractivity contribution in [2.45, 2.75) is 26.3 Å². The Bertz CT molecular complexity index is 163. The molecular weight excluding hydrogens is 158 g/mol. The molecule has 0 spiro atoms. The first-order valence-electron chi connectivity index (χ1n) is 3.75. The number of nitrogens with two attached hydrogens (primary N) is 1. The van der Waals surface area contributed by atoms with Crippen LogP contribution in [0, 0.1) is 11.3 Å². The van der Waals surface area contributed by atoms with Crippen LogP contribution in [0.1, 0.15) is 20.3 Å². The normalized spacial score (nSPS) is 12.6. The van der Waals surface area contributed by atoms with Gasteiger partial charge in [-0.25, -0.2) is 0 Å². The van der Waals surface area contributed by atoms with Crippen molar-refractivity contribution in [1.29, 1.82) is 5.41 Å². The molecule has 5 N–H and O–H groups in total. The maximum absolute atomic E-state index is 10.3. The minimum Gasteiger partial charge on any atom is -0.481 e. The fraction of sp³-hybridized carbons (Fsp3) is 0.714. The third-order valence-corrected chi connectivity index (χ3v) is 1.54. The Morgan fingerprint density at radius 1 is 1.67 bits per heavy atom. The van der Waals surface area contributed by atoms with Crippen LogP contribution in [0.25, 0.3) is 0 Å². The fourth-order valence-corrected chi connectivity index (χ4v) is 0.841. The van der Waals surface area contributed by atoms with Crippen LogP contribution in [0.3, 0.4) is 0 Å². The predicted molar refractivity (Wildman–Crippen MR) is 45.9 cm³/mol. The average molecular weight is 173 g/mol. The van der Waals surface area contributed by atoms with Crippen LogP contribution in [0.4, 0.5) is 0 Å². The zero-order chi connectivity index (χ0) is 9.72. The van der Waals surface area contributed by atoms with Crippen molar-refractivity contribution in [3.63, 3.8) is 0 Å². The number of aliphatic carboxylic acids is 1. The van der Waals surface area contributed by atoms with E-state index in [1.807, 2.05) is 13.8 Å². The predicted octanol–water partition coefficient (Wildman–Crippen LogP) is -0.0312. The minimum absolute atomic E-state index is 0.0166. The van der Waals surface area contributed by atoms with Crippen molar-refractivity contribution in [2.75, 3.05) is 0 Å². The summed E-state index contributed by atoms with van der Waals surface area (Å²) in [5.74, 6) is -0.928. The summed E-state index contributed by atoms with van der Waals surface area (Å²) >= 11 is 0. The van der Waals surface area contributed by atoms with Crippen LogP contribution in [0.5, 0.6) is 0 Å². The molecule has 5 heteroatoms. The Morgan fingerprint density at radius 2 is 2.17 bits per heavy atom. The SMILES string of the molecule is CC(C)C(CC(=O)O)NC(=N)N. The number of hydrogen-bond acceptors (Lipinski definition) is 2. The number of guanidine groups is 1. The molecular formula is C7H15N3O2. The van der Waals surface area contributed by atoms with Crippen LogP contribution in [-0.4, -0.2) is 23.1 Å². The van der Waals surface area contributed by atoms with Gasteiger partial charge in [-0.1, -0.05) is 13.8 Å². The standard InChI is InChI=1S/C7H15N3O2/c1-4(2)5(3-6(11)12)10-7(8)9/h4-5H,3H2,1-2H3,(H,11,12)(H4,8,9,10). The second kappa shape index (κ2) is 4.58. The van der Waals surface area contributed by atoms with Crippen LogP contribution < -0.4 is 11.1 Å². The number of carboxylic acid groups (broad SMARTS) is 1. The highest BCUT2D eigenvalue weighted by molar-refractivity contribution is 5.76. The molecule has 12 heavy (non-hydrogen) atoms. The maximum atomic E-state index is 10.3. The van der Waals surface area contributed by atoms with E-state index in [4.69, 9.17) is 16.2 Å². The van der Waals surface area contributed by atoms with Crippen molar-refractivity contribution >= 4 is 11.9 Å². The third-order valence-electron chi connectivity index (χ3n) is 1.54. The van der Waals surface area contributed by atoms with Gasteiger partial charge in [-0.3, -0.25) is 10.2 Å². The van der Waals surface area contributed by atoms with Crippen LogP contribution in [-0.2, 0) is 4.79 Å². The van der Waals surface area contributed by atoms with Gasteiger partial charge in [-0.05, 0) is 5.92 Å². The van der Waals surface area contributed by atoms with E-state index < -0.39 is 5.97 Å². The summed E-state index contributed by atoms with van der Waals surface area (Å²) in [6, 6.07) is -0.264. The van der Waals surface area contributed by atoms with E-state index in [9.17, 15) is 4.79 Å². The third kappa shape index (κ3) is 4.54. The molecule has 0 aromatic heterocycles. The molecule has 1 unspecified atom stereocenters. The van der Waals surface area contributed by atoms with Gasteiger partial charge in [-0.15, -0.1) is 0 Å². The van der Waals surface area contributed by atoms with Gasteiger partial charge in [0.1, 0.15) is 0 Å². The monoisotopic (exact) mass is 173 g/mol. The molecule has 1 atom stereocenters. The van der Waals surface area contributed by atoms with Crippen LogP contribution >= 0.6 is 0 Å². The lowest BCUT2D eigenvalue weighted by Crippen LogP contribution is -2.43. The van der Waals surface area contributed by atoms with Gasteiger partial charge in [0.2, 0.25) is 0 Å². The zero-order valence-corrected chi connectivity index (χ0v) is 7.29. The van der Waals surface area contributed by atoms with Crippen LogP contribution in [0.2, 0.25) is 0 Å². The van der Waals surface area contributed by atoms with E-state index in [0.29, 0.717) is 0 Å². The average Bonchev–Trinajstić information content (AvgIpc) is 1.83. The molecule has 0 aromatic carbocycles. The van der Waals surface area contributed by atoms with E-state index in [1.54, 1.807) is 0 Å². The summed E-state index contributed by atoms with van der Waals surface area (Å²) in [7, 11) is 0. The second-order valence-corrected chi connectivity index (χ2v) is 3.01. The van der Waals surface area contributed by atoms with E-state index in [-0.39, 0.29) is 24.3 Å². The molecule has 5 nitrogen and oxygen atoms in total. The Hall–Kier alpha value is -1.26. The molecule has 0 aliphatic heterocycles. The Labute approximate surface area is 71.5 Å². The second-order valence-electron chi connectivity index (χ2n) is 3.01. The molecule has 0 fully saturated rings. The van der Waals surface area contributed by atoms with E-state index in [2.05, 4.69) is 5.32 Å². The van der Waals surface area contributed by atoms with Crippen molar-refractivity contribution < 1.29 is 9.90 Å². The van der Waals surface area contributed by atoms with Crippen molar-refractivity contribution in [1.82, 2.24) is 5.32 Å². The molecule has 0 aromatic rings. The highest BCUT2D eigenvalue weighted by Crippen LogP contribution is 2.05. The van der Waals surface area contributed by atoms with Crippen LogP contribution in [0.15, 0.2) is 0 Å². The molecule has 0 radical (unpaired) electrons. The number of hydrogen-bond donors (Lipinski definition) is 4. The lowest BCUT2D eigenvalue weighted by molar-refractivity contribution is -0.137. The first-order chi connectivity index (χ1) is 5.43. The molecule has 70 valence electrons. The van der Waals surface area contributed by atoms with Gasteiger partial charge in [0, 0.05) is 6.04 Å². The van der Waals surface area contributed by atoms with Gasteiger partial charge in [0.25, 0.3) is 0 Å². The minimum atomic E-state index is -0.887. The summed E-state index contributed by atoms with van der Waals surface area (Å²) in [5.41, 5.74) is 5.09. The molecule has 0 aliphatic carbocycles. The quantitative estimate of drug-likeness (QED) is 0.354. The summed E-state index contributed by atoms with van der Waals surface area (Å²) in [5, 5.41) is 18.0. The summed E-state index contributed by atoms with van der Waals surface area (Å²) in [6.07, 6.45) is -0.0166. The van der Waals surface area contributed by atoms with Gasteiger partial charge in [0.05, 0.1) is 6.42 Å². The molecule has 0 saturated carbocycles. The fourth-order valence-electron chi connectivity index (χ4n) is 0.841. The molecule has 0 saturated heterocycles. The smallest absolute Gasteiger partial charge is 0.305 e. The van der Waals surface area contributed by atoms with Crippen molar-refractivity contribution in [3.8, 4) is 0 Å². The molecule has 0 bridgehead atoms. The number of nitrogens with one attached hydrogen (secondary N) is 2. The van der Waals surface area contributed by atoms with E-state index in [0.717, 1.165) is 0 Å².